The van der Waals surface area contributed by atoms with Gasteiger partial charge in [-0.25, -0.2) is 4.98 Å². The molecule has 2 aromatic rings. The lowest BCUT2D eigenvalue weighted by atomic mass is 10.1. The van der Waals surface area contributed by atoms with Crippen LogP contribution in [0.5, 0.6) is 0 Å². The average molecular weight is 248 g/mol. The lowest BCUT2D eigenvalue weighted by Gasteiger charge is -2.17. The zero-order valence-corrected chi connectivity index (χ0v) is 9.98. The van der Waals surface area contributed by atoms with E-state index in [4.69, 9.17) is 5.11 Å². The third-order valence-electron chi connectivity index (χ3n) is 3.20. The first-order chi connectivity index (χ1) is 8.25. The average Bonchev–Trinajstić information content (AvgIpc) is 2.97. The van der Waals surface area contributed by atoms with Gasteiger partial charge in [0.15, 0.2) is 0 Å². The number of anilines is 1. The molecule has 1 fully saturated rings. The predicted molar refractivity (Wildman–Crippen MR) is 67.6 cm³/mol. The number of rotatable bonds is 2. The van der Waals surface area contributed by atoms with Gasteiger partial charge in [0.25, 0.3) is 0 Å². The fraction of sp³-hybridized carbons (Fsp3) is 0.333. The molecule has 1 unspecified atom stereocenters. The van der Waals surface area contributed by atoms with Gasteiger partial charge in [-0.05, 0) is 23.9 Å². The zero-order valence-electron chi connectivity index (χ0n) is 9.17. The Morgan fingerprint density at radius 3 is 3.18 bits per heavy atom. The lowest BCUT2D eigenvalue weighted by Crippen LogP contribution is -2.23. The Labute approximate surface area is 103 Å². The number of thiophene rings is 1. The van der Waals surface area contributed by atoms with Crippen LogP contribution in [-0.4, -0.2) is 29.1 Å². The minimum atomic E-state index is -0.704. The molecule has 1 saturated heterocycles. The van der Waals surface area contributed by atoms with Crippen molar-refractivity contribution in [1.82, 2.24) is 4.98 Å². The summed E-state index contributed by atoms with van der Waals surface area (Å²) in [7, 11) is 0. The smallest absolute Gasteiger partial charge is 0.308 e. The van der Waals surface area contributed by atoms with Crippen LogP contribution in [0.4, 0.5) is 5.82 Å². The highest BCUT2D eigenvalue weighted by Gasteiger charge is 2.29. The topological polar surface area (TPSA) is 53.4 Å². The molecule has 3 rings (SSSR count). The first kappa shape index (κ1) is 10.5. The number of fused-ring (bicyclic) bond motifs is 1. The Hall–Kier alpha value is -1.62. The van der Waals surface area contributed by atoms with E-state index in [0.29, 0.717) is 13.0 Å². The van der Waals surface area contributed by atoms with Gasteiger partial charge < -0.3 is 10.0 Å². The summed E-state index contributed by atoms with van der Waals surface area (Å²) in [6, 6.07) is 4.05. The summed E-state index contributed by atoms with van der Waals surface area (Å²) < 4.78 is 1.20. The van der Waals surface area contributed by atoms with Gasteiger partial charge in [-0.2, -0.15) is 0 Å². The van der Waals surface area contributed by atoms with Crippen molar-refractivity contribution in [2.45, 2.75) is 6.42 Å². The van der Waals surface area contributed by atoms with Crippen molar-refractivity contribution < 1.29 is 9.90 Å². The quantitative estimate of drug-likeness (QED) is 0.885. The highest BCUT2D eigenvalue weighted by Crippen LogP contribution is 2.31. The van der Waals surface area contributed by atoms with E-state index in [9.17, 15) is 4.79 Å². The number of carboxylic acids is 1. The zero-order chi connectivity index (χ0) is 11.8. The van der Waals surface area contributed by atoms with Gasteiger partial charge >= 0.3 is 5.97 Å². The Morgan fingerprint density at radius 2 is 2.41 bits per heavy atom. The minimum Gasteiger partial charge on any atom is -0.481 e. The van der Waals surface area contributed by atoms with E-state index in [1.807, 2.05) is 11.4 Å². The molecule has 0 spiro atoms. The van der Waals surface area contributed by atoms with Gasteiger partial charge in [0.05, 0.1) is 5.92 Å². The predicted octanol–water partition coefficient (Wildman–Crippen LogP) is 2.21. The van der Waals surface area contributed by atoms with Crippen molar-refractivity contribution >= 4 is 33.2 Å². The number of hydrogen-bond acceptors (Lipinski definition) is 4. The molecule has 1 atom stereocenters. The lowest BCUT2D eigenvalue weighted by molar-refractivity contribution is -0.140. The molecule has 0 saturated carbocycles. The maximum absolute atomic E-state index is 10.9. The number of aromatic nitrogens is 1. The van der Waals surface area contributed by atoms with Gasteiger partial charge in [-0.1, -0.05) is 0 Å². The number of hydrogen-bond donors (Lipinski definition) is 1. The summed E-state index contributed by atoms with van der Waals surface area (Å²) in [5.74, 6) is -0.0387. The van der Waals surface area contributed by atoms with Gasteiger partial charge in [0, 0.05) is 29.4 Å². The van der Waals surface area contributed by atoms with Gasteiger partial charge in [-0.3, -0.25) is 4.79 Å². The van der Waals surface area contributed by atoms with Crippen LogP contribution in [0.1, 0.15) is 6.42 Å². The summed E-state index contributed by atoms with van der Waals surface area (Å²) in [5, 5.41) is 12.2. The number of aliphatic carboxylic acids is 1. The Morgan fingerprint density at radius 1 is 1.53 bits per heavy atom. The van der Waals surface area contributed by atoms with E-state index in [-0.39, 0.29) is 5.92 Å². The van der Waals surface area contributed by atoms with Gasteiger partial charge in [0.1, 0.15) is 5.82 Å². The Kier molecular flexibility index (Phi) is 2.48. The fourth-order valence-electron chi connectivity index (χ4n) is 2.29. The van der Waals surface area contributed by atoms with Crippen LogP contribution in [0, 0.1) is 5.92 Å². The summed E-state index contributed by atoms with van der Waals surface area (Å²) >= 11 is 1.68. The standard InChI is InChI=1S/C12H12N2O2S/c15-12(16)8-2-5-14(7-8)11-9-3-6-17-10(9)1-4-13-11/h1,3-4,6,8H,2,5,7H2,(H,15,16). The molecule has 0 aromatic carbocycles. The SMILES string of the molecule is O=C(O)C1CCN(c2nccc3sccc23)C1. The molecule has 1 N–H and O–H groups in total. The largest absolute Gasteiger partial charge is 0.481 e. The first-order valence-electron chi connectivity index (χ1n) is 5.55. The van der Waals surface area contributed by atoms with Gasteiger partial charge in [-0.15, -0.1) is 11.3 Å². The molecule has 0 aliphatic carbocycles. The van der Waals surface area contributed by atoms with Crippen molar-refractivity contribution in [2.75, 3.05) is 18.0 Å². The molecule has 1 aliphatic rings. The van der Waals surface area contributed by atoms with Crippen molar-refractivity contribution in [3.8, 4) is 0 Å². The molecule has 4 nitrogen and oxygen atoms in total. The van der Waals surface area contributed by atoms with Crippen LogP contribution >= 0.6 is 11.3 Å². The van der Waals surface area contributed by atoms with E-state index in [0.717, 1.165) is 17.7 Å². The number of nitrogens with zero attached hydrogens (tertiary/aromatic N) is 2. The Balaban J connectivity index is 1.95. The third kappa shape index (κ3) is 1.76. The summed E-state index contributed by atoms with van der Waals surface area (Å²) in [6.07, 6.45) is 2.50. The van der Waals surface area contributed by atoms with Crippen LogP contribution < -0.4 is 4.90 Å². The number of pyridine rings is 1. The summed E-state index contributed by atoms with van der Waals surface area (Å²) in [4.78, 5) is 17.4. The maximum atomic E-state index is 10.9. The first-order valence-corrected chi connectivity index (χ1v) is 6.43. The second-order valence-electron chi connectivity index (χ2n) is 4.24. The molecule has 1 aliphatic heterocycles. The third-order valence-corrected chi connectivity index (χ3v) is 4.08. The second kappa shape index (κ2) is 4.00. The number of carbonyl (C=O) groups is 1. The molecule has 0 bridgehead atoms. The minimum absolute atomic E-state index is 0.259. The van der Waals surface area contributed by atoms with Crippen molar-refractivity contribution in [1.29, 1.82) is 0 Å². The van der Waals surface area contributed by atoms with E-state index >= 15 is 0 Å². The van der Waals surface area contributed by atoms with E-state index in [2.05, 4.69) is 16.0 Å². The van der Waals surface area contributed by atoms with Crippen molar-refractivity contribution in [2.24, 2.45) is 5.92 Å². The normalized spacial score (nSPS) is 20.0. The monoisotopic (exact) mass is 248 g/mol. The molecule has 88 valence electrons. The molecular weight excluding hydrogens is 236 g/mol. The van der Waals surface area contributed by atoms with Crippen molar-refractivity contribution in [3.05, 3.63) is 23.7 Å². The van der Waals surface area contributed by atoms with Crippen LogP contribution in [-0.2, 0) is 4.79 Å². The van der Waals surface area contributed by atoms with E-state index in [1.165, 1.54) is 4.70 Å². The van der Waals surface area contributed by atoms with E-state index < -0.39 is 5.97 Å². The molecular formula is C12H12N2O2S. The molecule has 0 radical (unpaired) electrons. The Bertz CT molecular complexity index is 566. The highest BCUT2D eigenvalue weighted by atomic mass is 32.1. The van der Waals surface area contributed by atoms with Gasteiger partial charge in [0.2, 0.25) is 0 Å². The summed E-state index contributed by atoms with van der Waals surface area (Å²) in [6.45, 7) is 1.34. The van der Waals surface area contributed by atoms with Crippen LogP contribution in [0.2, 0.25) is 0 Å². The van der Waals surface area contributed by atoms with Crippen LogP contribution in [0.25, 0.3) is 10.1 Å². The molecule has 17 heavy (non-hydrogen) atoms. The van der Waals surface area contributed by atoms with E-state index in [1.54, 1.807) is 17.5 Å². The molecule has 5 heteroatoms. The number of carboxylic acid groups (broad SMARTS) is 1. The fourth-order valence-corrected chi connectivity index (χ4v) is 3.06. The van der Waals surface area contributed by atoms with Crippen LogP contribution in [0.3, 0.4) is 0 Å². The molecule has 0 amide bonds. The molecule has 2 aromatic heterocycles. The molecule has 3 heterocycles. The van der Waals surface area contributed by atoms with Crippen molar-refractivity contribution in [3.63, 3.8) is 0 Å². The summed E-state index contributed by atoms with van der Waals surface area (Å²) in [5.41, 5.74) is 0. The van der Waals surface area contributed by atoms with Crippen LogP contribution in [0.15, 0.2) is 23.7 Å². The second-order valence-corrected chi connectivity index (χ2v) is 5.18. The highest BCUT2D eigenvalue weighted by molar-refractivity contribution is 7.17. The maximum Gasteiger partial charge on any atom is 0.308 e.